The molecule has 3 rings (SSSR count). The number of carbonyl (C=O) groups excluding carboxylic acids is 1. The number of nitrogens with zero attached hydrogens (tertiary/aromatic N) is 2. The molecule has 1 fully saturated rings. The monoisotopic (exact) mass is 528 g/mol. The average molecular weight is 529 g/mol. The summed E-state index contributed by atoms with van der Waals surface area (Å²) in [5.74, 6) is 1.37. The van der Waals surface area contributed by atoms with Crippen LogP contribution in [0.3, 0.4) is 0 Å². The number of methoxy groups -OCH3 is 1. The van der Waals surface area contributed by atoms with E-state index in [2.05, 4.69) is 22.7 Å². The fourth-order valence-corrected chi connectivity index (χ4v) is 4.81. The first-order valence-electron chi connectivity index (χ1n) is 12.5. The van der Waals surface area contributed by atoms with Crippen LogP contribution in [0.2, 0.25) is 5.02 Å². The van der Waals surface area contributed by atoms with E-state index in [0.29, 0.717) is 36.0 Å². The van der Waals surface area contributed by atoms with Gasteiger partial charge in [0.1, 0.15) is 11.8 Å². The fraction of sp³-hybridized carbons (Fsp3) is 0.615. The van der Waals surface area contributed by atoms with Gasteiger partial charge in [-0.2, -0.15) is 18.3 Å². The maximum atomic E-state index is 13.1. The van der Waals surface area contributed by atoms with Crippen LogP contribution in [0.5, 0.6) is 5.75 Å². The first-order valence-corrected chi connectivity index (χ1v) is 12.8. The number of aromatic nitrogens is 2. The van der Waals surface area contributed by atoms with Gasteiger partial charge in [-0.3, -0.25) is 9.48 Å². The predicted octanol–water partition coefficient (Wildman–Crippen LogP) is 6.79. The highest BCUT2D eigenvalue weighted by atomic mass is 35.5. The van der Waals surface area contributed by atoms with Crippen molar-refractivity contribution >= 4 is 23.2 Å². The predicted molar refractivity (Wildman–Crippen MR) is 137 cm³/mol. The van der Waals surface area contributed by atoms with Crippen molar-refractivity contribution in [3.8, 4) is 17.0 Å². The molecule has 0 spiro atoms. The number of benzene rings is 1. The molecule has 1 atom stereocenters. The molecule has 2 N–H and O–H groups in total. The number of halogens is 4. The first-order chi connectivity index (χ1) is 16.9. The highest BCUT2D eigenvalue weighted by Gasteiger charge is 2.36. The Morgan fingerprint density at radius 3 is 2.47 bits per heavy atom. The van der Waals surface area contributed by atoms with E-state index < -0.39 is 12.2 Å². The third-order valence-corrected chi connectivity index (χ3v) is 7.02. The molecule has 1 saturated carbocycles. The van der Waals surface area contributed by atoms with Crippen molar-refractivity contribution in [3.63, 3.8) is 0 Å². The molecule has 1 aliphatic carbocycles. The molecule has 1 aliphatic rings. The summed E-state index contributed by atoms with van der Waals surface area (Å²) in [7, 11) is 1.44. The summed E-state index contributed by atoms with van der Waals surface area (Å²) in [5, 5.41) is 10.2. The van der Waals surface area contributed by atoms with E-state index in [9.17, 15) is 18.0 Å². The summed E-state index contributed by atoms with van der Waals surface area (Å²) in [6.07, 6.45) is 0.129. The Balaban J connectivity index is 1.89. The molecule has 1 amide bonds. The van der Waals surface area contributed by atoms with Gasteiger partial charge < -0.3 is 15.4 Å². The molecule has 2 aromatic rings. The van der Waals surface area contributed by atoms with Crippen LogP contribution in [-0.4, -0.2) is 41.6 Å². The van der Waals surface area contributed by atoms with Crippen LogP contribution in [0.15, 0.2) is 18.2 Å². The van der Waals surface area contributed by atoms with Crippen LogP contribution in [0, 0.1) is 17.8 Å². The number of carbonyl (C=O) groups is 1. The molecule has 1 aromatic carbocycles. The van der Waals surface area contributed by atoms with Crippen LogP contribution in [0.25, 0.3) is 11.3 Å². The molecular weight excluding hydrogens is 493 g/mol. The van der Waals surface area contributed by atoms with Gasteiger partial charge in [-0.1, -0.05) is 45.2 Å². The van der Waals surface area contributed by atoms with E-state index in [1.807, 2.05) is 13.8 Å². The zero-order valence-electron chi connectivity index (χ0n) is 21.5. The SMILES string of the molecule is COc1cc(N[C@H](C)C(F)(F)F)ccc1-c1c(Cl)c(C(=O)NCC2CCC(C)CC2)nn1CC(C)C. The summed E-state index contributed by atoms with van der Waals surface area (Å²) in [5.41, 5.74) is 1.42. The van der Waals surface area contributed by atoms with Gasteiger partial charge in [0.2, 0.25) is 0 Å². The lowest BCUT2D eigenvalue weighted by Gasteiger charge is -2.26. The minimum absolute atomic E-state index is 0.131. The molecule has 10 heteroatoms. The molecule has 0 unspecified atom stereocenters. The van der Waals surface area contributed by atoms with Gasteiger partial charge in [-0.25, -0.2) is 0 Å². The third-order valence-electron chi connectivity index (χ3n) is 6.67. The molecule has 1 aromatic heterocycles. The van der Waals surface area contributed by atoms with Crippen LogP contribution in [0.1, 0.15) is 63.9 Å². The molecule has 36 heavy (non-hydrogen) atoms. The zero-order valence-corrected chi connectivity index (χ0v) is 22.3. The van der Waals surface area contributed by atoms with Gasteiger partial charge in [0.25, 0.3) is 5.91 Å². The van der Waals surface area contributed by atoms with Crippen LogP contribution >= 0.6 is 11.6 Å². The lowest BCUT2D eigenvalue weighted by atomic mass is 9.83. The van der Waals surface area contributed by atoms with E-state index in [4.69, 9.17) is 16.3 Å². The topological polar surface area (TPSA) is 68.2 Å². The van der Waals surface area contributed by atoms with E-state index >= 15 is 0 Å². The van der Waals surface area contributed by atoms with E-state index in [-0.39, 0.29) is 28.2 Å². The minimum atomic E-state index is -4.39. The van der Waals surface area contributed by atoms with Crippen molar-refractivity contribution in [2.45, 2.75) is 72.1 Å². The smallest absolute Gasteiger partial charge is 0.408 e. The lowest BCUT2D eigenvalue weighted by Crippen LogP contribution is -2.33. The largest absolute Gasteiger partial charge is 0.496 e. The highest BCUT2D eigenvalue weighted by Crippen LogP contribution is 2.39. The average Bonchev–Trinajstić information content (AvgIpc) is 3.12. The summed E-state index contributed by atoms with van der Waals surface area (Å²) in [6, 6.07) is 2.93. The quantitative estimate of drug-likeness (QED) is 0.376. The highest BCUT2D eigenvalue weighted by molar-refractivity contribution is 6.36. The van der Waals surface area contributed by atoms with Crippen molar-refractivity contribution in [2.75, 3.05) is 19.0 Å². The van der Waals surface area contributed by atoms with Crippen molar-refractivity contribution in [1.82, 2.24) is 15.1 Å². The molecule has 0 aliphatic heterocycles. The van der Waals surface area contributed by atoms with E-state index in [1.54, 1.807) is 10.7 Å². The van der Waals surface area contributed by atoms with E-state index in [0.717, 1.165) is 25.7 Å². The van der Waals surface area contributed by atoms with Crippen LogP contribution in [0.4, 0.5) is 18.9 Å². The third kappa shape index (κ3) is 6.87. The number of hydrogen-bond donors (Lipinski definition) is 2. The normalized spacial score (nSPS) is 19.3. The Bertz CT molecular complexity index is 1050. The van der Waals surface area contributed by atoms with Crippen LogP contribution < -0.4 is 15.4 Å². The molecule has 0 bridgehead atoms. The number of rotatable bonds is 9. The summed E-state index contributed by atoms with van der Waals surface area (Å²) >= 11 is 6.73. The zero-order chi connectivity index (χ0) is 26.6. The van der Waals surface area contributed by atoms with Gasteiger partial charge >= 0.3 is 6.18 Å². The van der Waals surface area contributed by atoms with Crippen molar-refractivity contribution in [3.05, 3.63) is 28.9 Å². The Morgan fingerprint density at radius 1 is 1.22 bits per heavy atom. The van der Waals surface area contributed by atoms with Gasteiger partial charge in [-0.05, 0) is 49.7 Å². The van der Waals surface area contributed by atoms with Crippen LogP contribution in [-0.2, 0) is 6.54 Å². The van der Waals surface area contributed by atoms with E-state index in [1.165, 1.54) is 32.1 Å². The molecule has 0 saturated heterocycles. The number of hydrogen-bond acceptors (Lipinski definition) is 4. The molecular formula is C26H36ClF3N4O2. The summed E-state index contributed by atoms with van der Waals surface area (Å²) in [6.45, 7) is 8.42. The lowest BCUT2D eigenvalue weighted by molar-refractivity contribution is -0.138. The minimum Gasteiger partial charge on any atom is -0.496 e. The second-order valence-electron chi connectivity index (χ2n) is 10.2. The number of ether oxygens (including phenoxy) is 1. The second-order valence-corrected chi connectivity index (χ2v) is 10.6. The van der Waals surface area contributed by atoms with Gasteiger partial charge in [0.15, 0.2) is 5.69 Å². The van der Waals surface area contributed by atoms with Crippen molar-refractivity contribution in [2.24, 2.45) is 17.8 Å². The van der Waals surface area contributed by atoms with Crippen molar-refractivity contribution in [1.29, 1.82) is 0 Å². The number of anilines is 1. The Morgan fingerprint density at radius 2 is 1.89 bits per heavy atom. The number of alkyl halides is 3. The molecule has 6 nitrogen and oxygen atoms in total. The maximum Gasteiger partial charge on any atom is 0.408 e. The molecule has 1 heterocycles. The fourth-order valence-electron chi connectivity index (χ4n) is 4.48. The first kappa shape index (κ1) is 28.2. The Labute approximate surface area is 215 Å². The van der Waals surface area contributed by atoms with Gasteiger partial charge in [0, 0.05) is 30.4 Å². The Kier molecular flexibility index (Phi) is 9.19. The standard InChI is InChI=1S/C26H36ClF3N4O2/c1-15(2)14-34-24(20-11-10-19(12-21(20)36-5)32-17(4)26(28,29)30)22(27)23(33-34)25(35)31-13-18-8-6-16(3)7-9-18/h10-12,15-18,32H,6-9,13-14H2,1-5H3,(H,31,35)/t16?,17-,18?/m1/s1. The Hall–Kier alpha value is -2.42. The molecule has 0 radical (unpaired) electrons. The molecule has 200 valence electrons. The van der Waals surface area contributed by atoms with Gasteiger partial charge in [0.05, 0.1) is 17.8 Å². The van der Waals surface area contributed by atoms with Gasteiger partial charge in [-0.15, -0.1) is 0 Å². The number of nitrogens with one attached hydrogen (secondary N) is 2. The second kappa shape index (κ2) is 11.8. The maximum absolute atomic E-state index is 13.1. The summed E-state index contributed by atoms with van der Waals surface area (Å²) < 4.78 is 46.2. The van der Waals surface area contributed by atoms with Crippen molar-refractivity contribution < 1.29 is 22.7 Å². The summed E-state index contributed by atoms with van der Waals surface area (Å²) in [4.78, 5) is 13.1. The number of amides is 1.